The van der Waals surface area contributed by atoms with Crippen molar-refractivity contribution in [3.05, 3.63) is 10.6 Å². The first-order valence-corrected chi connectivity index (χ1v) is 6.15. The normalized spacial score (nSPS) is 18.6. The number of phosphoric acid groups is 1. The van der Waals surface area contributed by atoms with Crippen LogP contribution in [0.3, 0.4) is 0 Å². The molecule has 0 aliphatic carbocycles. The van der Waals surface area contributed by atoms with Crippen molar-refractivity contribution in [2.24, 2.45) is 0 Å². The van der Waals surface area contributed by atoms with E-state index in [2.05, 4.69) is 4.52 Å². The molecule has 0 aromatic rings. The Bertz CT molecular complexity index is 274. The minimum Gasteiger partial charge on any atom is -0.368 e. The number of rotatable bonds is 3. The number of phosphoric ester groups is 1. The summed E-state index contributed by atoms with van der Waals surface area (Å²) in [6, 6.07) is 0. The molecule has 1 heterocycles. The molecular weight excluding hydrogens is 213 g/mol. The Kier molecular flexibility index (Phi) is 3.43. The highest BCUT2D eigenvalue weighted by molar-refractivity contribution is 8.03. The van der Waals surface area contributed by atoms with Gasteiger partial charge >= 0.3 is 7.82 Å². The molecule has 0 radical (unpaired) electrons. The van der Waals surface area contributed by atoms with Crippen molar-refractivity contribution in [1.82, 2.24) is 4.90 Å². The van der Waals surface area contributed by atoms with Crippen LogP contribution in [0.25, 0.3) is 0 Å². The van der Waals surface area contributed by atoms with Gasteiger partial charge in [-0.25, -0.2) is 4.57 Å². The number of hydrogen-bond donors (Lipinski definition) is 2. The molecule has 0 aromatic carbocycles. The zero-order valence-electron chi connectivity index (χ0n) is 7.43. The van der Waals surface area contributed by atoms with E-state index < -0.39 is 7.82 Å². The summed E-state index contributed by atoms with van der Waals surface area (Å²) in [7, 11) is -2.41. The summed E-state index contributed by atoms with van der Waals surface area (Å²) in [5, 5.41) is 0. The van der Waals surface area contributed by atoms with E-state index >= 15 is 0 Å². The summed E-state index contributed by atoms with van der Waals surface area (Å²) in [6.45, 7) is 1.89. The van der Waals surface area contributed by atoms with E-state index in [-0.39, 0.29) is 6.61 Å². The van der Waals surface area contributed by atoms with E-state index in [4.69, 9.17) is 9.79 Å². The lowest BCUT2D eigenvalue weighted by molar-refractivity contribution is 0.214. The number of thioether (sulfide) groups is 1. The van der Waals surface area contributed by atoms with Gasteiger partial charge in [-0.1, -0.05) is 0 Å². The average Bonchev–Trinajstić information content (AvgIpc) is 2.29. The molecule has 0 atom stereocenters. The summed E-state index contributed by atoms with van der Waals surface area (Å²) in [5.41, 5.74) is 1.01. The maximum absolute atomic E-state index is 10.4. The fourth-order valence-electron chi connectivity index (χ4n) is 0.878. The van der Waals surface area contributed by atoms with Gasteiger partial charge in [0.15, 0.2) is 0 Å². The molecule has 5 nitrogen and oxygen atoms in total. The summed E-state index contributed by atoms with van der Waals surface area (Å²) in [5.74, 6) is 0.811. The predicted molar refractivity (Wildman–Crippen MR) is 50.9 cm³/mol. The molecule has 1 aliphatic heterocycles. The van der Waals surface area contributed by atoms with Crippen LogP contribution in [0.15, 0.2) is 10.6 Å². The quantitative estimate of drug-likeness (QED) is 0.697. The first-order chi connectivity index (χ1) is 5.90. The zero-order valence-corrected chi connectivity index (χ0v) is 9.14. The van der Waals surface area contributed by atoms with Gasteiger partial charge in [0.2, 0.25) is 0 Å². The minimum absolute atomic E-state index is 0.00881. The Balaban J connectivity index is 2.51. The summed E-state index contributed by atoms with van der Waals surface area (Å²) >= 11 is 1.54. The van der Waals surface area contributed by atoms with Crippen LogP contribution in [-0.2, 0) is 9.09 Å². The third-order valence-corrected chi connectivity index (χ3v) is 3.52. The fourth-order valence-corrected chi connectivity index (χ4v) is 2.31. The van der Waals surface area contributed by atoms with E-state index in [9.17, 15) is 4.57 Å². The highest BCUT2D eigenvalue weighted by atomic mass is 32.2. The second kappa shape index (κ2) is 4.02. The van der Waals surface area contributed by atoms with Crippen molar-refractivity contribution in [2.75, 3.05) is 19.5 Å². The third-order valence-electron chi connectivity index (χ3n) is 1.77. The lowest BCUT2D eigenvalue weighted by atomic mass is 10.4. The Morgan fingerprint density at radius 3 is 2.69 bits per heavy atom. The van der Waals surface area contributed by atoms with E-state index in [1.165, 1.54) is 11.8 Å². The number of hydrogen-bond acceptors (Lipinski definition) is 4. The van der Waals surface area contributed by atoms with E-state index in [1.54, 1.807) is 0 Å². The largest absolute Gasteiger partial charge is 0.469 e. The lowest BCUT2D eigenvalue weighted by Gasteiger charge is -2.10. The van der Waals surface area contributed by atoms with Gasteiger partial charge in [0.1, 0.15) is 0 Å². The van der Waals surface area contributed by atoms with Crippen LogP contribution in [0.4, 0.5) is 0 Å². The van der Waals surface area contributed by atoms with Crippen LogP contribution >= 0.6 is 19.6 Å². The van der Waals surface area contributed by atoms with Gasteiger partial charge < -0.3 is 14.7 Å². The molecule has 0 fully saturated rings. The average molecular weight is 225 g/mol. The monoisotopic (exact) mass is 225 g/mol. The Morgan fingerprint density at radius 2 is 2.31 bits per heavy atom. The molecule has 13 heavy (non-hydrogen) atoms. The van der Waals surface area contributed by atoms with Gasteiger partial charge in [0.05, 0.1) is 12.5 Å². The highest BCUT2D eigenvalue weighted by Crippen LogP contribution is 2.39. The number of allylic oxidation sites excluding steroid dienone is 1. The second-order valence-corrected chi connectivity index (χ2v) is 5.02. The zero-order chi connectivity index (χ0) is 10.1. The third kappa shape index (κ3) is 3.32. The first-order valence-electron chi connectivity index (χ1n) is 3.64. The molecule has 7 heteroatoms. The van der Waals surface area contributed by atoms with Crippen LogP contribution < -0.4 is 0 Å². The minimum atomic E-state index is -4.33. The van der Waals surface area contributed by atoms with Crippen LogP contribution in [0.5, 0.6) is 0 Å². The van der Waals surface area contributed by atoms with Crippen LogP contribution in [-0.4, -0.2) is 34.2 Å². The first kappa shape index (κ1) is 11.1. The molecule has 0 bridgehead atoms. The lowest BCUT2D eigenvalue weighted by Crippen LogP contribution is -2.09. The maximum atomic E-state index is 10.4. The highest BCUT2D eigenvalue weighted by Gasteiger charge is 2.20. The van der Waals surface area contributed by atoms with Crippen LogP contribution in [0, 0.1) is 0 Å². The molecule has 1 rings (SSSR count). The van der Waals surface area contributed by atoms with E-state index in [0.29, 0.717) is 0 Å². The molecule has 0 aromatic heterocycles. The summed E-state index contributed by atoms with van der Waals surface area (Å²) in [4.78, 5) is 19.8. The molecule has 1 aliphatic rings. The molecule has 0 saturated heterocycles. The van der Waals surface area contributed by atoms with Crippen molar-refractivity contribution in [1.29, 1.82) is 0 Å². The van der Waals surface area contributed by atoms with Gasteiger partial charge in [0, 0.05) is 17.6 Å². The second-order valence-electron chi connectivity index (χ2n) is 2.74. The van der Waals surface area contributed by atoms with Crippen molar-refractivity contribution in [3.63, 3.8) is 0 Å². The SMILES string of the molecule is CC1=C(COP(=O)(O)O)SCN1C. The molecule has 0 saturated carbocycles. The standard InChI is InChI=1S/C6H12NO4PS/c1-5-6(13-4-7(5)2)3-11-12(8,9)10/h3-4H2,1-2H3,(H2,8,9,10). The van der Waals surface area contributed by atoms with Crippen molar-refractivity contribution >= 4 is 19.6 Å². The van der Waals surface area contributed by atoms with E-state index in [1.807, 2.05) is 18.9 Å². The summed E-state index contributed by atoms with van der Waals surface area (Å²) < 4.78 is 14.8. The van der Waals surface area contributed by atoms with Crippen molar-refractivity contribution < 1.29 is 18.9 Å². The predicted octanol–water partition coefficient (Wildman–Crippen LogP) is 0.963. The van der Waals surface area contributed by atoms with Crippen molar-refractivity contribution in [3.8, 4) is 0 Å². The molecule has 76 valence electrons. The molecule has 0 spiro atoms. The smallest absolute Gasteiger partial charge is 0.368 e. The fraction of sp³-hybridized carbons (Fsp3) is 0.667. The maximum Gasteiger partial charge on any atom is 0.469 e. The van der Waals surface area contributed by atoms with Gasteiger partial charge in [-0.05, 0) is 6.92 Å². The van der Waals surface area contributed by atoms with Gasteiger partial charge in [0.25, 0.3) is 0 Å². The molecule has 2 N–H and O–H groups in total. The Labute approximate surface area is 81.0 Å². The molecular formula is C6H12NO4PS. The topological polar surface area (TPSA) is 70.0 Å². The molecule has 0 amide bonds. The van der Waals surface area contributed by atoms with Crippen LogP contribution in [0.1, 0.15) is 6.92 Å². The summed E-state index contributed by atoms with van der Waals surface area (Å²) in [6.07, 6.45) is 0. The van der Waals surface area contributed by atoms with Gasteiger partial charge in [-0.3, -0.25) is 4.52 Å². The van der Waals surface area contributed by atoms with Crippen molar-refractivity contribution in [2.45, 2.75) is 6.92 Å². The Morgan fingerprint density at radius 1 is 1.69 bits per heavy atom. The number of nitrogens with zero attached hydrogens (tertiary/aromatic N) is 1. The van der Waals surface area contributed by atoms with E-state index in [0.717, 1.165) is 16.5 Å². The Hall–Kier alpha value is -0.0000000000000000555. The van der Waals surface area contributed by atoms with Gasteiger partial charge in [-0.15, -0.1) is 11.8 Å². The van der Waals surface area contributed by atoms with Crippen LogP contribution in [0.2, 0.25) is 0 Å². The van der Waals surface area contributed by atoms with Gasteiger partial charge in [-0.2, -0.15) is 0 Å². The molecule has 0 unspecified atom stereocenters.